The first-order valence-electron chi connectivity index (χ1n) is 6.25. The lowest BCUT2D eigenvalue weighted by Crippen LogP contribution is -2.00. The highest BCUT2D eigenvalue weighted by Gasteiger charge is 2.06. The second-order valence-electron chi connectivity index (χ2n) is 4.44. The van der Waals surface area contributed by atoms with Crippen molar-refractivity contribution in [2.75, 3.05) is 5.73 Å². The Balaban J connectivity index is 1.86. The summed E-state index contributed by atoms with van der Waals surface area (Å²) in [5.74, 6) is 1.30. The molecule has 0 bridgehead atoms. The molecule has 2 aromatic carbocycles. The molecule has 0 aliphatic heterocycles. The minimum Gasteiger partial charge on any atom is -0.486 e. The van der Waals surface area contributed by atoms with Crippen molar-refractivity contribution in [2.24, 2.45) is 0 Å². The van der Waals surface area contributed by atoms with Crippen LogP contribution in [-0.4, -0.2) is 4.98 Å². The van der Waals surface area contributed by atoms with Gasteiger partial charge in [-0.1, -0.05) is 36.4 Å². The van der Waals surface area contributed by atoms with Gasteiger partial charge in [-0.2, -0.15) is 0 Å². The number of hydrogen-bond acceptors (Lipinski definition) is 3. The summed E-state index contributed by atoms with van der Waals surface area (Å²) in [4.78, 5) is 4.22. The van der Waals surface area contributed by atoms with Gasteiger partial charge in [0.15, 0.2) is 0 Å². The molecule has 2 N–H and O–H groups in total. The van der Waals surface area contributed by atoms with Crippen molar-refractivity contribution < 1.29 is 4.74 Å². The van der Waals surface area contributed by atoms with Crippen LogP contribution in [0.15, 0.2) is 59.1 Å². The second-order valence-corrected chi connectivity index (χ2v) is 5.23. The van der Waals surface area contributed by atoms with Gasteiger partial charge in [0, 0.05) is 0 Å². The zero-order chi connectivity index (χ0) is 13.9. The van der Waals surface area contributed by atoms with E-state index in [0.717, 1.165) is 21.3 Å². The minimum absolute atomic E-state index is 0.391. The Morgan fingerprint density at radius 3 is 2.70 bits per heavy atom. The first-order chi connectivity index (χ1) is 9.74. The van der Waals surface area contributed by atoms with Gasteiger partial charge < -0.3 is 10.5 Å². The molecule has 0 amide bonds. The van der Waals surface area contributed by atoms with Crippen LogP contribution in [0, 0.1) is 0 Å². The van der Waals surface area contributed by atoms with Crippen LogP contribution >= 0.6 is 15.9 Å². The molecule has 3 nitrogen and oxygen atoms in total. The van der Waals surface area contributed by atoms with Crippen molar-refractivity contribution in [3.05, 3.63) is 64.8 Å². The van der Waals surface area contributed by atoms with E-state index in [1.807, 2.05) is 36.4 Å². The molecule has 0 radical (unpaired) electrons. The standard InChI is InChI=1S/C16H13BrN2O/c17-16-13-6-2-1-4-11(13)8-9-14(16)20-10-12-5-3-7-15(18)19-12/h1-9H,10H2,(H2,18,19). The zero-order valence-electron chi connectivity index (χ0n) is 10.7. The summed E-state index contributed by atoms with van der Waals surface area (Å²) in [6.07, 6.45) is 0. The Morgan fingerprint density at radius 1 is 1.00 bits per heavy atom. The molecule has 0 fully saturated rings. The van der Waals surface area contributed by atoms with E-state index in [0.29, 0.717) is 12.4 Å². The van der Waals surface area contributed by atoms with Crippen LogP contribution in [0.25, 0.3) is 10.8 Å². The second kappa shape index (κ2) is 5.51. The maximum absolute atomic E-state index is 5.82. The summed E-state index contributed by atoms with van der Waals surface area (Å²) in [6, 6.07) is 17.7. The lowest BCUT2D eigenvalue weighted by molar-refractivity contribution is 0.300. The van der Waals surface area contributed by atoms with E-state index >= 15 is 0 Å². The molecule has 100 valence electrons. The molecule has 20 heavy (non-hydrogen) atoms. The maximum Gasteiger partial charge on any atom is 0.134 e. The summed E-state index contributed by atoms with van der Waals surface area (Å²) in [6.45, 7) is 0.391. The van der Waals surface area contributed by atoms with E-state index in [-0.39, 0.29) is 0 Å². The number of aromatic nitrogens is 1. The highest BCUT2D eigenvalue weighted by Crippen LogP contribution is 2.33. The minimum atomic E-state index is 0.391. The fraction of sp³-hybridized carbons (Fsp3) is 0.0625. The van der Waals surface area contributed by atoms with Gasteiger partial charge in [0.2, 0.25) is 0 Å². The third-order valence-electron chi connectivity index (χ3n) is 3.03. The van der Waals surface area contributed by atoms with Crippen molar-refractivity contribution in [1.29, 1.82) is 0 Å². The van der Waals surface area contributed by atoms with Crippen molar-refractivity contribution in [3.8, 4) is 5.75 Å². The van der Waals surface area contributed by atoms with Crippen LogP contribution in [0.3, 0.4) is 0 Å². The average molecular weight is 329 g/mol. The summed E-state index contributed by atoms with van der Waals surface area (Å²) in [5.41, 5.74) is 6.47. The molecule has 1 aromatic heterocycles. The predicted molar refractivity (Wildman–Crippen MR) is 84.6 cm³/mol. The summed E-state index contributed by atoms with van der Waals surface area (Å²) >= 11 is 3.60. The SMILES string of the molecule is Nc1cccc(COc2ccc3ccccc3c2Br)n1. The lowest BCUT2D eigenvalue weighted by Gasteiger charge is -2.10. The van der Waals surface area contributed by atoms with Crippen molar-refractivity contribution in [1.82, 2.24) is 4.98 Å². The van der Waals surface area contributed by atoms with Crippen LogP contribution in [0.2, 0.25) is 0 Å². The molecule has 0 aliphatic carbocycles. The third kappa shape index (κ3) is 2.60. The number of nitrogens with two attached hydrogens (primary N) is 1. The predicted octanol–water partition coefficient (Wildman–Crippen LogP) is 4.16. The number of rotatable bonds is 3. The van der Waals surface area contributed by atoms with Crippen molar-refractivity contribution in [3.63, 3.8) is 0 Å². The number of anilines is 1. The van der Waals surface area contributed by atoms with Crippen LogP contribution in [-0.2, 0) is 6.61 Å². The highest BCUT2D eigenvalue weighted by molar-refractivity contribution is 9.10. The first-order valence-corrected chi connectivity index (χ1v) is 7.05. The third-order valence-corrected chi connectivity index (χ3v) is 3.85. The molecule has 0 saturated heterocycles. The molecule has 0 unspecified atom stereocenters. The van der Waals surface area contributed by atoms with E-state index < -0.39 is 0 Å². The topological polar surface area (TPSA) is 48.1 Å². The van der Waals surface area contributed by atoms with Gasteiger partial charge in [0.1, 0.15) is 18.2 Å². The number of fused-ring (bicyclic) bond motifs is 1. The van der Waals surface area contributed by atoms with Gasteiger partial charge in [-0.3, -0.25) is 0 Å². The molecule has 0 atom stereocenters. The fourth-order valence-electron chi connectivity index (χ4n) is 2.06. The van der Waals surface area contributed by atoms with Gasteiger partial charge in [0.05, 0.1) is 10.2 Å². The first kappa shape index (κ1) is 12.9. The molecule has 0 saturated carbocycles. The summed E-state index contributed by atoms with van der Waals surface area (Å²) < 4.78 is 6.78. The van der Waals surface area contributed by atoms with Gasteiger partial charge in [-0.25, -0.2) is 4.98 Å². The fourth-order valence-corrected chi connectivity index (χ4v) is 2.66. The Hall–Kier alpha value is -2.07. The van der Waals surface area contributed by atoms with Crippen LogP contribution in [0.5, 0.6) is 5.75 Å². The maximum atomic E-state index is 5.82. The van der Waals surface area contributed by atoms with Crippen molar-refractivity contribution >= 4 is 32.5 Å². The lowest BCUT2D eigenvalue weighted by atomic mass is 10.1. The molecule has 1 heterocycles. The molecule has 4 heteroatoms. The monoisotopic (exact) mass is 328 g/mol. The smallest absolute Gasteiger partial charge is 0.134 e. The Kier molecular flexibility index (Phi) is 3.56. The Bertz CT molecular complexity index is 758. The van der Waals surface area contributed by atoms with E-state index in [4.69, 9.17) is 10.5 Å². The van der Waals surface area contributed by atoms with Gasteiger partial charge in [-0.05, 0) is 44.9 Å². The number of hydrogen-bond donors (Lipinski definition) is 1. The van der Waals surface area contributed by atoms with E-state index in [2.05, 4.69) is 33.0 Å². The Morgan fingerprint density at radius 2 is 1.85 bits per heavy atom. The van der Waals surface area contributed by atoms with Gasteiger partial charge >= 0.3 is 0 Å². The number of pyridine rings is 1. The van der Waals surface area contributed by atoms with Gasteiger partial charge in [0.25, 0.3) is 0 Å². The molecule has 3 rings (SSSR count). The normalized spacial score (nSPS) is 10.7. The average Bonchev–Trinajstić information content (AvgIpc) is 2.47. The zero-order valence-corrected chi connectivity index (χ0v) is 12.3. The van der Waals surface area contributed by atoms with Crippen LogP contribution < -0.4 is 10.5 Å². The van der Waals surface area contributed by atoms with Crippen LogP contribution in [0.1, 0.15) is 5.69 Å². The molecular formula is C16H13BrN2O. The molecule has 0 aliphatic rings. The quantitative estimate of drug-likeness (QED) is 0.785. The van der Waals surface area contributed by atoms with E-state index in [1.54, 1.807) is 6.07 Å². The number of ether oxygens (including phenoxy) is 1. The number of halogens is 1. The number of nitrogens with zero attached hydrogens (tertiary/aromatic N) is 1. The summed E-state index contributed by atoms with van der Waals surface area (Å²) in [7, 11) is 0. The van der Waals surface area contributed by atoms with E-state index in [1.165, 1.54) is 5.39 Å². The van der Waals surface area contributed by atoms with Gasteiger partial charge in [-0.15, -0.1) is 0 Å². The Labute approximate surface area is 125 Å². The summed E-state index contributed by atoms with van der Waals surface area (Å²) in [5, 5.41) is 2.30. The highest BCUT2D eigenvalue weighted by atomic mass is 79.9. The van der Waals surface area contributed by atoms with Crippen molar-refractivity contribution in [2.45, 2.75) is 6.61 Å². The molecule has 3 aromatic rings. The van der Waals surface area contributed by atoms with Crippen LogP contribution in [0.4, 0.5) is 5.82 Å². The molecule has 0 spiro atoms. The number of nitrogen functional groups attached to an aromatic ring is 1. The molecular weight excluding hydrogens is 316 g/mol. The number of benzene rings is 2. The van der Waals surface area contributed by atoms with E-state index in [9.17, 15) is 0 Å². The largest absolute Gasteiger partial charge is 0.486 e.